The van der Waals surface area contributed by atoms with Crippen LogP contribution in [0.4, 0.5) is 4.79 Å². The Bertz CT molecular complexity index is 540. The molecule has 28 heavy (non-hydrogen) atoms. The molecule has 0 aromatic rings. The van der Waals surface area contributed by atoms with Crippen LogP contribution < -0.4 is 5.32 Å². The second-order valence-electron chi connectivity index (χ2n) is 5.57. The van der Waals surface area contributed by atoms with Gasteiger partial charge in [-0.15, -0.1) is 0 Å². The lowest BCUT2D eigenvalue weighted by Gasteiger charge is -2.24. The predicted octanol–water partition coefficient (Wildman–Crippen LogP) is 1.20. The lowest BCUT2D eigenvalue weighted by atomic mass is 10.3. The molecule has 0 aromatic carbocycles. The van der Waals surface area contributed by atoms with Gasteiger partial charge in [0.05, 0.1) is 0 Å². The molecule has 0 radical (unpaired) electrons. The maximum atomic E-state index is 11.9. The van der Waals surface area contributed by atoms with Gasteiger partial charge >= 0.3 is 26.8 Å². The normalized spacial score (nSPS) is 11.9. The number of amides is 1. The average molecular weight is 420 g/mol. The SMILES string of the molecule is C=CC(=O)OCC(COC(=O)C(=C)C)OC(=O)NCCC[Si](OC)(OC)OC. The summed E-state index contributed by atoms with van der Waals surface area (Å²) in [6.07, 6.45) is -0.255. The Morgan fingerprint density at radius 3 is 2.14 bits per heavy atom. The van der Waals surface area contributed by atoms with E-state index in [-0.39, 0.29) is 25.3 Å². The van der Waals surface area contributed by atoms with Gasteiger partial charge in [0, 0.05) is 45.6 Å². The molecular weight excluding hydrogens is 390 g/mol. The van der Waals surface area contributed by atoms with E-state index in [2.05, 4.69) is 18.5 Å². The number of carbonyl (C=O) groups excluding carboxylic acids is 3. The molecule has 0 spiro atoms. The molecule has 1 N–H and O–H groups in total. The number of hydrogen-bond donors (Lipinski definition) is 1. The molecule has 0 heterocycles. The minimum atomic E-state index is -2.71. The minimum absolute atomic E-state index is 0.188. The molecule has 0 rings (SSSR count). The molecule has 0 saturated heterocycles. The Morgan fingerprint density at radius 2 is 1.64 bits per heavy atom. The molecule has 0 aliphatic rings. The summed E-state index contributed by atoms with van der Waals surface area (Å²) in [5, 5.41) is 2.55. The van der Waals surface area contributed by atoms with Crippen molar-refractivity contribution < 1.29 is 41.9 Å². The van der Waals surface area contributed by atoms with Crippen LogP contribution in [0.2, 0.25) is 6.04 Å². The Labute approximate surface area is 166 Å². The van der Waals surface area contributed by atoms with Gasteiger partial charge in [-0.25, -0.2) is 14.4 Å². The van der Waals surface area contributed by atoms with Crippen LogP contribution in [0.3, 0.4) is 0 Å². The third-order valence-electron chi connectivity index (χ3n) is 3.46. The number of esters is 2. The van der Waals surface area contributed by atoms with Crippen molar-refractivity contribution in [2.45, 2.75) is 25.5 Å². The first-order valence-electron chi connectivity index (χ1n) is 8.45. The summed E-state index contributed by atoms with van der Waals surface area (Å²) in [6, 6.07) is 0.493. The maximum Gasteiger partial charge on any atom is 0.500 e. The van der Waals surface area contributed by atoms with Crippen molar-refractivity contribution in [3.63, 3.8) is 0 Å². The zero-order valence-electron chi connectivity index (χ0n) is 16.8. The highest BCUT2D eigenvalue weighted by atomic mass is 28.4. The van der Waals surface area contributed by atoms with E-state index in [0.29, 0.717) is 12.5 Å². The van der Waals surface area contributed by atoms with Crippen LogP contribution >= 0.6 is 0 Å². The van der Waals surface area contributed by atoms with Crippen LogP contribution in [0.25, 0.3) is 0 Å². The van der Waals surface area contributed by atoms with Crippen molar-refractivity contribution in [2.24, 2.45) is 0 Å². The summed E-state index contributed by atoms with van der Waals surface area (Å²) in [5.41, 5.74) is 0.188. The summed E-state index contributed by atoms with van der Waals surface area (Å²) in [5.74, 6) is -1.34. The number of nitrogens with one attached hydrogen (secondary N) is 1. The van der Waals surface area contributed by atoms with E-state index < -0.39 is 32.9 Å². The molecule has 1 atom stereocenters. The van der Waals surface area contributed by atoms with Gasteiger partial charge in [0.15, 0.2) is 6.10 Å². The topological polar surface area (TPSA) is 119 Å². The molecule has 0 bridgehead atoms. The second-order valence-corrected chi connectivity index (χ2v) is 8.66. The standard InChI is InChI=1S/C17H29NO9Si/c1-7-15(19)25-11-14(12-26-16(20)13(2)3)27-17(21)18-9-8-10-28(22-4,23-5)24-6/h7,14H,1-2,8-12H2,3-6H3,(H,18,21). The van der Waals surface area contributed by atoms with Gasteiger partial charge in [0.1, 0.15) is 13.2 Å². The van der Waals surface area contributed by atoms with Crippen LogP contribution in [0.1, 0.15) is 13.3 Å². The minimum Gasteiger partial charge on any atom is -0.458 e. The van der Waals surface area contributed by atoms with E-state index in [1.165, 1.54) is 28.3 Å². The average Bonchev–Trinajstić information content (AvgIpc) is 2.69. The molecule has 1 amide bonds. The van der Waals surface area contributed by atoms with E-state index in [9.17, 15) is 14.4 Å². The summed E-state index contributed by atoms with van der Waals surface area (Å²) in [7, 11) is 1.80. The van der Waals surface area contributed by atoms with Crippen LogP contribution in [0.5, 0.6) is 0 Å². The number of ether oxygens (including phenoxy) is 3. The summed E-state index contributed by atoms with van der Waals surface area (Å²) < 4.78 is 30.8. The smallest absolute Gasteiger partial charge is 0.458 e. The van der Waals surface area contributed by atoms with E-state index in [1.54, 1.807) is 0 Å². The van der Waals surface area contributed by atoms with Crippen LogP contribution in [0, 0.1) is 0 Å². The first kappa shape index (κ1) is 25.8. The lowest BCUT2D eigenvalue weighted by molar-refractivity contribution is -0.147. The molecule has 0 saturated carbocycles. The molecule has 0 aromatic heterocycles. The molecule has 160 valence electrons. The van der Waals surface area contributed by atoms with Crippen molar-refractivity contribution >= 4 is 26.8 Å². The Kier molecular flexibility index (Phi) is 12.8. The first-order chi connectivity index (χ1) is 13.2. The van der Waals surface area contributed by atoms with E-state index >= 15 is 0 Å². The fraction of sp³-hybridized carbons (Fsp3) is 0.588. The van der Waals surface area contributed by atoms with Crippen molar-refractivity contribution in [3.05, 3.63) is 24.8 Å². The van der Waals surface area contributed by atoms with Crippen molar-refractivity contribution in [2.75, 3.05) is 41.1 Å². The van der Waals surface area contributed by atoms with Gasteiger partial charge in [-0.05, 0) is 13.3 Å². The first-order valence-corrected chi connectivity index (χ1v) is 10.4. The Balaban J connectivity index is 4.51. The Morgan fingerprint density at radius 1 is 1.07 bits per heavy atom. The second kappa shape index (κ2) is 13.9. The van der Waals surface area contributed by atoms with Gasteiger partial charge in [0.25, 0.3) is 0 Å². The van der Waals surface area contributed by atoms with Crippen molar-refractivity contribution in [1.29, 1.82) is 0 Å². The van der Waals surface area contributed by atoms with Gasteiger partial charge in [0.2, 0.25) is 0 Å². The number of hydrogen-bond acceptors (Lipinski definition) is 9. The number of alkyl carbamates (subject to hydrolysis) is 1. The molecule has 0 aliphatic heterocycles. The van der Waals surface area contributed by atoms with Crippen LogP contribution in [0.15, 0.2) is 24.8 Å². The van der Waals surface area contributed by atoms with Crippen molar-refractivity contribution in [1.82, 2.24) is 5.32 Å². The third-order valence-corrected chi connectivity index (χ3v) is 6.29. The van der Waals surface area contributed by atoms with Gasteiger partial charge in [-0.3, -0.25) is 0 Å². The molecule has 0 fully saturated rings. The van der Waals surface area contributed by atoms with Gasteiger partial charge < -0.3 is 32.8 Å². The summed E-state index contributed by atoms with van der Waals surface area (Å²) in [6.45, 7) is 7.88. The van der Waals surface area contributed by atoms with Gasteiger partial charge in [-0.2, -0.15) is 0 Å². The lowest BCUT2D eigenvalue weighted by Crippen LogP contribution is -2.43. The highest BCUT2D eigenvalue weighted by Gasteiger charge is 2.36. The van der Waals surface area contributed by atoms with Crippen molar-refractivity contribution in [3.8, 4) is 0 Å². The molecular formula is C17H29NO9Si. The van der Waals surface area contributed by atoms with E-state index in [0.717, 1.165) is 6.08 Å². The zero-order valence-corrected chi connectivity index (χ0v) is 17.8. The number of carbonyl (C=O) groups is 3. The highest BCUT2D eigenvalue weighted by molar-refractivity contribution is 6.60. The quantitative estimate of drug-likeness (QED) is 0.146. The molecule has 1 unspecified atom stereocenters. The van der Waals surface area contributed by atoms with Crippen LogP contribution in [-0.4, -0.2) is 74.0 Å². The molecule has 10 nitrogen and oxygen atoms in total. The largest absolute Gasteiger partial charge is 0.500 e. The van der Waals surface area contributed by atoms with E-state index in [1.807, 2.05) is 0 Å². The monoisotopic (exact) mass is 419 g/mol. The fourth-order valence-electron chi connectivity index (χ4n) is 1.89. The third kappa shape index (κ3) is 10.2. The highest BCUT2D eigenvalue weighted by Crippen LogP contribution is 2.14. The van der Waals surface area contributed by atoms with E-state index in [4.69, 9.17) is 27.5 Å². The molecule has 0 aliphatic carbocycles. The van der Waals surface area contributed by atoms with Gasteiger partial charge in [-0.1, -0.05) is 13.2 Å². The van der Waals surface area contributed by atoms with Crippen LogP contribution in [-0.2, 0) is 37.1 Å². The zero-order chi connectivity index (χ0) is 21.6. The summed E-state index contributed by atoms with van der Waals surface area (Å²) >= 11 is 0. The fourth-order valence-corrected chi connectivity index (χ4v) is 3.61. The Hall–Kier alpha value is -2.21. The maximum absolute atomic E-state index is 11.9. The summed E-state index contributed by atoms with van der Waals surface area (Å²) in [4.78, 5) is 34.6. The molecule has 11 heteroatoms. The predicted molar refractivity (Wildman–Crippen MR) is 101 cm³/mol. The number of rotatable bonds is 14.